The summed E-state index contributed by atoms with van der Waals surface area (Å²) in [5.41, 5.74) is 0.392. The van der Waals surface area contributed by atoms with Gasteiger partial charge < -0.3 is 25.5 Å². The van der Waals surface area contributed by atoms with Gasteiger partial charge in [-0.05, 0) is 46.0 Å². The summed E-state index contributed by atoms with van der Waals surface area (Å²) in [6.07, 6.45) is 2.74. The normalized spacial score (nSPS) is 15.8. The van der Waals surface area contributed by atoms with Gasteiger partial charge in [0.15, 0.2) is 0 Å². The standard InChI is InChI=1S/C14H32N2O4.C10H20O2/c1-11(17)7-15(8-12(2)18)5-6-16(9-13(3)19)10-14(4)20;1-10(2,3)8-6-4-5-7-9(11)12/h11-14,17-20H,5-10H2,1-4H3;4-8H2,1-3H3,(H,11,12). The van der Waals surface area contributed by atoms with E-state index in [2.05, 4.69) is 20.8 Å². The van der Waals surface area contributed by atoms with E-state index >= 15 is 0 Å². The van der Waals surface area contributed by atoms with E-state index in [-0.39, 0.29) is 0 Å². The summed E-state index contributed by atoms with van der Waals surface area (Å²) in [6, 6.07) is 0. The third kappa shape index (κ3) is 27.3. The molecule has 0 aliphatic rings. The van der Waals surface area contributed by atoms with E-state index in [1.807, 2.05) is 9.80 Å². The fraction of sp³-hybridized carbons (Fsp3) is 0.958. The van der Waals surface area contributed by atoms with Crippen LogP contribution < -0.4 is 0 Å². The highest BCUT2D eigenvalue weighted by Crippen LogP contribution is 2.22. The fourth-order valence-corrected chi connectivity index (χ4v) is 3.40. The summed E-state index contributed by atoms with van der Waals surface area (Å²) in [5.74, 6) is -0.675. The quantitative estimate of drug-likeness (QED) is 0.220. The zero-order valence-electron chi connectivity index (χ0n) is 21.6. The van der Waals surface area contributed by atoms with Crippen molar-refractivity contribution in [3.05, 3.63) is 0 Å². The Labute approximate surface area is 196 Å². The van der Waals surface area contributed by atoms with Crippen LogP contribution in [0.3, 0.4) is 0 Å². The van der Waals surface area contributed by atoms with E-state index in [1.165, 1.54) is 6.42 Å². The Morgan fingerprint density at radius 3 is 1.28 bits per heavy atom. The number of unbranched alkanes of at least 4 members (excludes halogenated alkanes) is 2. The molecule has 0 radical (unpaired) electrons. The van der Waals surface area contributed by atoms with Gasteiger partial charge in [-0.2, -0.15) is 0 Å². The number of carboxylic acid groups (broad SMARTS) is 1. The van der Waals surface area contributed by atoms with Crippen LogP contribution in [0.1, 0.15) is 80.6 Å². The third-order valence-electron chi connectivity index (χ3n) is 4.64. The van der Waals surface area contributed by atoms with Crippen molar-refractivity contribution in [1.82, 2.24) is 9.80 Å². The zero-order valence-corrected chi connectivity index (χ0v) is 21.6. The van der Waals surface area contributed by atoms with Gasteiger partial charge in [0, 0.05) is 45.7 Å². The molecule has 32 heavy (non-hydrogen) atoms. The molecule has 0 aromatic heterocycles. The first kappa shape index (κ1) is 33.4. The number of aliphatic hydroxyl groups is 4. The molecular weight excluding hydrogens is 412 g/mol. The molecule has 0 heterocycles. The van der Waals surface area contributed by atoms with E-state index in [0.717, 1.165) is 19.3 Å². The molecule has 0 fully saturated rings. The summed E-state index contributed by atoms with van der Waals surface area (Å²) in [7, 11) is 0. The zero-order chi connectivity index (χ0) is 25.3. The average molecular weight is 465 g/mol. The predicted octanol–water partition coefficient (Wildman–Crippen LogP) is 2.18. The van der Waals surface area contributed by atoms with E-state index in [4.69, 9.17) is 5.11 Å². The highest BCUT2D eigenvalue weighted by atomic mass is 16.4. The number of aliphatic carboxylic acids is 1. The largest absolute Gasteiger partial charge is 0.481 e. The molecule has 0 amide bonds. The number of hydrogen-bond acceptors (Lipinski definition) is 7. The summed E-state index contributed by atoms with van der Waals surface area (Å²) in [5, 5.41) is 46.3. The Morgan fingerprint density at radius 2 is 1.03 bits per heavy atom. The Bertz CT molecular complexity index is 406. The van der Waals surface area contributed by atoms with Crippen LogP contribution >= 0.6 is 0 Å². The molecule has 0 bridgehead atoms. The summed E-state index contributed by atoms with van der Waals surface area (Å²) >= 11 is 0. The van der Waals surface area contributed by atoms with Crippen molar-refractivity contribution >= 4 is 5.97 Å². The maximum absolute atomic E-state index is 10.2. The second-order valence-electron chi connectivity index (χ2n) is 10.4. The molecule has 4 unspecified atom stereocenters. The molecule has 0 aliphatic heterocycles. The lowest BCUT2D eigenvalue weighted by atomic mass is 9.89. The van der Waals surface area contributed by atoms with Gasteiger partial charge in [0.1, 0.15) is 0 Å². The monoisotopic (exact) mass is 464 g/mol. The molecule has 0 aromatic carbocycles. The summed E-state index contributed by atoms with van der Waals surface area (Å²) < 4.78 is 0. The van der Waals surface area contributed by atoms with E-state index in [1.54, 1.807) is 27.7 Å². The van der Waals surface area contributed by atoms with E-state index in [9.17, 15) is 25.2 Å². The average Bonchev–Trinajstić information content (AvgIpc) is 2.56. The Hall–Kier alpha value is -0.770. The first-order chi connectivity index (χ1) is 14.6. The van der Waals surface area contributed by atoms with Gasteiger partial charge in [0.2, 0.25) is 0 Å². The lowest BCUT2D eigenvalue weighted by molar-refractivity contribution is -0.137. The minimum absolute atomic E-state index is 0.324. The number of carbonyl (C=O) groups is 1. The molecule has 0 rings (SSSR count). The smallest absolute Gasteiger partial charge is 0.303 e. The van der Waals surface area contributed by atoms with Crippen LogP contribution in [-0.4, -0.2) is 105 Å². The molecule has 0 spiro atoms. The molecule has 4 atom stereocenters. The van der Waals surface area contributed by atoms with Gasteiger partial charge >= 0.3 is 5.97 Å². The molecule has 8 nitrogen and oxygen atoms in total. The van der Waals surface area contributed by atoms with Crippen LogP contribution in [0, 0.1) is 5.41 Å². The van der Waals surface area contributed by atoms with Crippen LogP contribution in [-0.2, 0) is 4.79 Å². The van der Waals surface area contributed by atoms with Crippen molar-refractivity contribution in [2.45, 2.75) is 105 Å². The highest BCUT2D eigenvalue weighted by molar-refractivity contribution is 5.66. The van der Waals surface area contributed by atoms with Crippen LogP contribution in [0.15, 0.2) is 0 Å². The van der Waals surface area contributed by atoms with Gasteiger partial charge in [-0.1, -0.05) is 33.6 Å². The van der Waals surface area contributed by atoms with Crippen LogP contribution in [0.2, 0.25) is 0 Å². The Morgan fingerprint density at radius 1 is 0.688 bits per heavy atom. The maximum Gasteiger partial charge on any atom is 0.303 e. The van der Waals surface area contributed by atoms with Crippen LogP contribution in [0.25, 0.3) is 0 Å². The molecule has 194 valence electrons. The van der Waals surface area contributed by atoms with Gasteiger partial charge in [-0.15, -0.1) is 0 Å². The highest BCUT2D eigenvalue weighted by Gasteiger charge is 2.15. The Balaban J connectivity index is 0. The van der Waals surface area contributed by atoms with Gasteiger partial charge in [0.05, 0.1) is 24.4 Å². The van der Waals surface area contributed by atoms with Crippen molar-refractivity contribution in [3.8, 4) is 0 Å². The van der Waals surface area contributed by atoms with Gasteiger partial charge in [0.25, 0.3) is 0 Å². The van der Waals surface area contributed by atoms with Crippen LogP contribution in [0.4, 0.5) is 0 Å². The molecule has 8 heteroatoms. The van der Waals surface area contributed by atoms with E-state index in [0.29, 0.717) is 51.1 Å². The van der Waals surface area contributed by atoms with Crippen molar-refractivity contribution in [2.24, 2.45) is 5.41 Å². The second-order valence-corrected chi connectivity index (χ2v) is 10.4. The number of rotatable bonds is 16. The summed E-state index contributed by atoms with van der Waals surface area (Å²) in [4.78, 5) is 14.1. The van der Waals surface area contributed by atoms with Crippen molar-refractivity contribution in [2.75, 3.05) is 39.3 Å². The third-order valence-corrected chi connectivity index (χ3v) is 4.64. The van der Waals surface area contributed by atoms with Crippen molar-refractivity contribution < 1.29 is 30.3 Å². The van der Waals surface area contributed by atoms with E-state index < -0.39 is 30.4 Å². The van der Waals surface area contributed by atoms with Crippen LogP contribution in [0.5, 0.6) is 0 Å². The second kappa shape index (κ2) is 18.6. The first-order valence-electron chi connectivity index (χ1n) is 12.0. The molecule has 0 saturated carbocycles. The molecule has 0 aliphatic carbocycles. The molecule has 0 aromatic rings. The SMILES string of the molecule is CC(C)(C)CCCCCC(=O)O.CC(O)CN(CCN(CC(C)O)CC(C)O)CC(C)O. The molecule has 5 N–H and O–H groups in total. The number of hydrogen-bond donors (Lipinski definition) is 5. The number of aliphatic hydroxyl groups excluding tert-OH is 4. The molecule has 0 saturated heterocycles. The van der Waals surface area contributed by atoms with Gasteiger partial charge in [-0.25, -0.2) is 0 Å². The molecular formula is C24H52N2O6. The maximum atomic E-state index is 10.2. The lowest BCUT2D eigenvalue weighted by Gasteiger charge is -2.30. The van der Waals surface area contributed by atoms with Crippen molar-refractivity contribution in [3.63, 3.8) is 0 Å². The van der Waals surface area contributed by atoms with Crippen molar-refractivity contribution in [1.29, 1.82) is 0 Å². The predicted molar refractivity (Wildman–Crippen MR) is 130 cm³/mol. The summed E-state index contributed by atoms with van der Waals surface area (Å²) in [6.45, 7) is 16.9. The Kier molecular flexibility index (Phi) is 19.5. The lowest BCUT2D eigenvalue weighted by Crippen LogP contribution is -2.44. The fourth-order valence-electron chi connectivity index (χ4n) is 3.40. The topological polar surface area (TPSA) is 125 Å². The number of nitrogens with zero attached hydrogens (tertiary/aromatic N) is 2. The minimum Gasteiger partial charge on any atom is -0.481 e. The van der Waals surface area contributed by atoms with Gasteiger partial charge in [-0.3, -0.25) is 14.6 Å². The first-order valence-corrected chi connectivity index (χ1v) is 12.0. The minimum atomic E-state index is -0.675. The number of carboxylic acids is 1.